The first-order valence-electron chi connectivity index (χ1n) is 6.66. The van der Waals surface area contributed by atoms with Gasteiger partial charge in [0.2, 0.25) is 0 Å². The summed E-state index contributed by atoms with van der Waals surface area (Å²) < 4.78 is 6.14. The molecule has 0 radical (unpaired) electrons. The Morgan fingerprint density at radius 2 is 1.72 bits per heavy atom. The van der Waals surface area contributed by atoms with Crippen molar-refractivity contribution in [3.05, 3.63) is 35.9 Å². The van der Waals surface area contributed by atoms with E-state index in [1.807, 2.05) is 6.07 Å². The minimum atomic E-state index is -1.66. The Hall–Kier alpha value is -0.643. The third kappa shape index (κ3) is 4.56. The third-order valence-electron chi connectivity index (χ3n) is 3.81. The summed E-state index contributed by atoms with van der Waals surface area (Å²) in [5.41, 5.74) is 7.43. The molecule has 2 N–H and O–H groups in total. The van der Waals surface area contributed by atoms with Crippen LogP contribution >= 0.6 is 0 Å². The minimum absolute atomic E-state index is 0.0847. The summed E-state index contributed by atoms with van der Waals surface area (Å²) in [6, 6.07) is 10.5. The molecule has 1 aromatic carbocycles. The van der Waals surface area contributed by atoms with Crippen molar-refractivity contribution in [2.24, 2.45) is 5.73 Å². The smallest absolute Gasteiger partial charge is 0.192 e. The van der Waals surface area contributed by atoms with Crippen molar-refractivity contribution in [3.8, 4) is 0 Å². The zero-order valence-corrected chi connectivity index (χ0v) is 13.4. The van der Waals surface area contributed by atoms with Gasteiger partial charge in [0.15, 0.2) is 8.32 Å². The molecule has 1 aromatic rings. The maximum absolute atomic E-state index is 6.15. The van der Waals surface area contributed by atoms with Crippen molar-refractivity contribution >= 4 is 8.32 Å². The first kappa shape index (κ1) is 15.4. The number of hydrogen-bond donors (Lipinski definition) is 1. The fraction of sp³-hybridized carbons (Fsp3) is 0.600. The molecule has 0 aliphatic carbocycles. The number of benzene rings is 1. The summed E-state index contributed by atoms with van der Waals surface area (Å²) >= 11 is 0. The molecule has 0 aliphatic heterocycles. The zero-order valence-electron chi connectivity index (χ0n) is 12.4. The van der Waals surface area contributed by atoms with Gasteiger partial charge in [0, 0.05) is 12.6 Å². The van der Waals surface area contributed by atoms with Gasteiger partial charge in [-0.05, 0) is 30.1 Å². The lowest BCUT2D eigenvalue weighted by Crippen LogP contribution is -2.44. The lowest BCUT2D eigenvalue weighted by molar-refractivity contribution is 0.262. The first-order valence-corrected chi connectivity index (χ1v) is 9.57. The maximum Gasteiger partial charge on any atom is 0.192 e. The molecular weight excluding hydrogens is 238 g/mol. The van der Waals surface area contributed by atoms with E-state index in [1.165, 1.54) is 5.56 Å². The van der Waals surface area contributed by atoms with E-state index in [-0.39, 0.29) is 11.1 Å². The van der Waals surface area contributed by atoms with Gasteiger partial charge in [-0.25, -0.2) is 0 Å². The molecule has 0 amide bonds. The lowest BCUT2D eigenvalue weighted by Gasteiger charge is -2.37. The van der Waals surface area contributed by atoms with Crippen LogP contribution < -0.4 is 5.73 Å². The highest BCUT2D eigenvalue weighted by molar-refractivity contribution is 6.74. The van der Waals surface area contributed by atoms with E-state index in [1.54, 1.807) is 0 Å². The third-order valence-corrected chi connectivity index (χ3v) is 8.31. The molecule has 102 valence electrons. The second kappa shape index (κ2) is 6.00. The Bertz CT molecular complexity index is 357. The van der Waals surface area contributed by atoms with Crippen LogP contribution in [0.2, 0.25) is 18.1 Å². The molecule has 0 saturated heterocycles. The SMILES string of the molecule is CC(C)(C)[Si](C)(C)OCC(N)Cc1ccccc1. The highest BCUT2D eigenvalue weighted by Gasteiger charge is 2.37. The standard InChI is InChI=1S/C15H27NOSi/c1-15(2,3)18(4,5)17-12-14(16)11-13-9-7-6-8-10-13/h6-10,14H,11-12,16H2,1-5H3. The van der Waals surface area contributed by atoms with Gasteiger partial charge in [0.1, 0.15) is 0 Å². The predicted molar refractivity (Wildman–Crippen MR) is 81.3 cm³/mol. The Labute approximate surface area is 113 Å². The molecular formula is C15H27NOSi. The molecule has 1 atom stereocenters. The fourth-order valence-corrected chi connectivity index (χ4v) is 2.57. The quantitative estimate of drug-likeness (QED) is 0.826. The Morgan fingerprint density at radius 1 is 1.17 bits per heavy atom. The molecule has 0 fully saturated rings. The normalized spacial score (nSPS) is 14.6. The summed E-state index contributed by atoms with van der Waals surface area (Å²) in [5.74, 6) is 0. The van der Waals surface area contributed by atoms with Gasteiger partial charge in [-0.15, -0.1) is 0 Å². The van der Waals surface area contributed by atoms with E-state index < -0.39 is 8.32 Å². The van der Waals surface area contributed by atoms with Crippen LogP contribution in [0.5, 0.6) is 0 Å². The average molecular weight is 265 g/mol. The molecule has 2 nitrogen and oxygen atoms in total. The number of nitrogens with two attached hydrogens (primary N) is 1. The minimum Gasteiger partial charge on any atom is -0.415 e. The molecule has 1 unspecified atom stereocenters. The molecule has 0 aliphatic rings. The molecule has 1 rings (SSSR count). The molecule has 0 aromatic heterocycles. The van der Waals surface area contributed by atoms with E-state index in [0.29, 0.717) is 6.61 Å². The molecule has 18 heavy (non-hydrogen) atoms. The van der Waals surface area contributed by atoms with Gasteiger partial charge in [-0.3, -0.25) is 0 Å². The van der Waals surface area contributed by atoms with Crippen molar-refractivity contribution in [2.75, 3.05) is 6.61 Å². The summed E-state index contributed by atoms with van der Waals surface area (Å²) in [5, 5.41) is 0.249. The van der Waals surface area contributed by atoms with Crippen LogP contribution in [0.1, 0.15) is 26.3 Å². The summed E-state index contributed by atoms with van der Waals surface area (Å²) in [7, 11) is -1.66. The van der Waals surface area contributed by atoms with E-state index >= 15 is 0 Å². The predicted octanol–water partition coefficient (Wildman–Crippen LogP) is 3.58. The van der Waals surface area contributed by atoms with Gasteiger partial charge in [0.05, 0.1) is 0 Å². The summed E-state index contributed by atoms with van der Waals surface area (Å²) in [6.45, 7) is 11.9. The highest BCUT2D eigenvalue weighted by Crippen LogP contribution is 2.36. The Kier molecular flexibility index (Phi) is 5.14. The second-order valence-electron chi connectivity index (χ2n) is 6.52. The monoisotopic (exact) mass is 265 g/mol. The van der Waals surface area contributed by atoms with Crippen molar-refractivity contribution in [1.82, 2.24) is 0 Å². The fourth-order valence-electron chi connectivity index (χ4n) is 1.51. The number of rotatable bonds is 5. The topological polar surface area (TPSA) is 35.2 Å². The van der Waals surface area contributed by atoms with E-state index in [9.17, 15) is 0 Å². The average Bonchev–Trinajstić information content (AvgIpc) is 2.26. The highest BCUT2D eigenvalue weighted by atomic mass is 28.4. The van der Waals surface area contributed by atoms with E-state index in [2.05, 4.69) is 58.1 Å². The summed E-state index contributed by atoms with van der Waals surface area (Å²) in [6.07, 6.45) is 0.884. The molecule has 0 saturated carbocycles. The van der Waals surface area contributed by atoms with Crippen molar-refractivity contribution in [3.63, 3.8) is 0 Å². The van der Waals surface area contributed by atoms with Crippen molar-refractivity contribution in [2.45, 2.75) is 51.4 Å². The van der Waals surface area contributed by atoms with Crippen LogP contribution in [0.15, 0.2) is 30.3 Å². The van der Waals surface area contributed by atoms with Gasteiger partial charge in [-0.2, -0.15) is 0 Å². The van der Waals surface area contributed by atoms with E-state index in [4.69, 9.17) is 10.2 Å². The molecule has 0 heterocycles. The lowest BCUT2D eigenvalue weighted by atomic mass is 10.1. The van der Waals surface area contributed by atoms with Crippen LogP contribution in [-0.4, -0.2) is 21.0 Å². The first-order chi connectivity index (χ1) is 8.22. The Balaban J connectivity index is 2.45. The van der Waals surface area contributed by atoms with Gasteiger partial charge >= 0.3 is 0 Å². The van der Waals surface area contributed by atoms with Gasteiger partial charge < -0.3 is 10.2 Å². The Morgan fingerprint density at radius 3 is 2.22 bits per heavy atom. The van der Waals surface area contributed by atoms with Crippen LogP contribution in [0, 0.1) is 0 Å². The van der Waals surface area contributed by atoms with Crippen molar-refractivity contribution < 1.29 is 4.43 Å². The van der Waals surface area contributed by atoms with Crippen LogP contribution in [-0.2, 0) is 10.8 Å². The van der Waals surface area contributed by atoms with Crippen LogP contribution in [0.3, 0.4) is 0 Å². The second-order valence-corrected chi connectivity index (χ2v) is 11.3. The molecule has 0 bridgehead atoms. The van der Waals surface area contributed by atoms with E-state index in [0.717, 1.165) is 6.42 Å². The maximum atomic E-state index is 6.15. The largest absolute Gasteiger partial charge is 0.415 e. The van der Waals surface area contributed by atoms with Crippen LogP contribution in [0.25, 0.3) is 0 Å². The molecule has 3 heteroatoms. The van der Waals surface area contributed by atoms with Crippen LogP contribution in [0.4, 0.5) is 0 Å². The summed E-state index contributed by atoms with van der Waals surface area (Å²) in [4.78, 5) is 0. The van der Waals surface area contributed by atoms with Gasteiger partial charge in [0.25, 0.3) is 0 Å². The zero-order chi connectivity index (χ0) is 13.8. The van der Waals surface area contributed by atoms with Gasteiger partial charge in [-0.1, -0.05) is 51.1 Å². The molecule has 0 spiro atoms. The van der Waals surface area contributed by atoms with Crippen molar-refractivity contribution in [1.29, 1.82) is 0 Å². The number of hydrogen-bond acceptors (Lipinski definition) is 2.